The van der Waals surface area contributed by atoms with Gasteiger partial charge in [-0.3, -0.25) is 0 Å². The molecule has 0 fully saturated rings. The highest BCUT2D eigenvalue weighted by Crippen LogP contribution is 1.96. The highest BCUT2D eigenvalue weighted by molar-refractivity contribution is 6.61. The summed E-state index contributed by atoms with van der Waals surface area (Å²) < 4.78 is 20.3. The van der Waals surface area contributed by atoms with Gasteiger partial charge in [0.2, 0.25) is 0 Å². The Balaban J connectivity index is 2.58. The topological polar surface area (TPSA) is 71.1 Å². The van der Waals surface area contributed by atoms with Gasteiger partial charge in [-0.1, -0.05) is 30.3 Å². The van der Waals surface area contributed by atoms with Crippen molar-refractivity contribution < 1.29 is 28.4 Å². The zero-order valence-corrected chi connectivity index (χ0v) is 12.2. The number of carbonyl (C=O) groups excluding carboxylic acids is 2. The smallest absolute Gasteiger partial charge is 0.464 e. The van der Waals surface area contributed by atoms with E-state index in [1.165, 1.54) is 0 Å². The maximum absolute atomic E-state index is 11.3. The fourth-order valence-electron chi connectivity index (χ4n) is 1.54. The zero-order valence-electron chi connectivity index (χ0n) is 12.2. The quantitative estimate of drug-likeness (QED) is 0.489. The zero-order chi connectivity index (χ0) is 15.5. The Labute approximate surface area is 124 Å². The van der Waals surface area contributed by atoms with Crippen molar-refractivity contribution in [3.8, 4) is 0 Å². The Hall–Kier alpha value is -1.86. The van der Waals surface area contributed by atoms with E-state index >= 15 is 0 Å². The number of hydrogen-bond acceptors (Lipinski definition) is 6. The van der Waals surface area contributed by atoms with Gasteiger partial charge in [0.25, 0.3) is 0 Å². The second-order valence-electron chi connectivity index (χ2n) is 3.97. The molecule has 0 bridgehead atoms. The molecule has 0 atom stereocenters. The summed E-state index contributed by atoms with van der Waals surface area (Å²) in [6.07, 6.45) is 0. The summed E-state index contributed by atoms with van der Waals surface area (Å²) in [5, 5.41) is 0. The number of hydrogen-bond donors (Lipinski definition) is 0. The molecule has 0 N–H and O–H groups in total. The second kappa shape index (κ2) is 9.96. The van der Waals surface area contributed by atoms with Gasteiger partial charge < -0.3 is 18.8 Å². The van der Waals surface area contributed by atoms with Crippen LogP contribution < -0.4 is 5.46 Å². The Morgan fingerprint density at radius 2 is 1.38 bits per heavy atom. The molecule has 1 rings (SSSR count). The molecule has 0 aromatic heterocycles. The van der Waals surface area contributed by atoms with Gasteiger partial charge in [0.05, 0.1) is 13.2 Å². The molecule has 0 saturated heterocycles. The van der Waals surface area contributed by atoms with E-state index in [1.54, 1.807) is 26.0 Å². The monoisotopic (exact) mass is 294 g/mol. The molecule has 1 aromatic rings. The molecule has 21 heavy (non-hydrogen) atoms. The molecule has 0 saturated carbocycles. The summed E-state index contributed by atoms with van der Waals surface area (Å²) in [7, 11) is -0.833. The van der Waals surface area contributed by atoms with Crippen molar-refractivity contribution in [3.05, 3.63) is 30.3 Å². The van der Waals surface area contributed by atoms with E-state index in [4.69, 9.17) is 18.8 Å². The molecule has 0 aliphatic heterocycles. The third-order valence-electron chi connectivity index (χ3n) is 2.39. The van der Waals surface area contributed by atoms with Crippen LogP contribution in [0.2, 0.25) is 0 Å². The fraction of sp³-hybridized carbons (Fsp3) is 0.429. The second-order valence-corrected chi connectivity index (χ2v) is 3.97. The van der Waals surface area contributed by atoms with Gasteiger partial charge in [-0.25, -0.2) is 9.59 Å². The molecular weight excluding hydrogens is 275 g/mol. The predicted octanol–water partition coefficient (Wildman–Crippen LogP) is 0.541. The Bertz CT molecular complexity index is 414. The Morgan fingerprint density at radius 1 is 0.905 bits per heavy atom. The van der Waals surface area contributed by atoms with Crippen molar-refractivity contribution in [1.82, 2.24) is 0 Å². The first-order chi connectivity index (χ1) is 10.2. The summed E-state index contributed by atoms with van der Waals surface area (Å²) >= 11 is 0. The van der Waals surface area contributed by atoms with Gasteiger partial charge in [0.15, 0.2) is 0 Å². The van der Waals surface area contributed by atoms with E-state index in [0.29, 0.717) is 5.46 Å². The predicted molar refractivity (Wildman–Crippen MR) is 77.0 cm³/mol. The van der Waals surface area contributed by atoms with Crippen molar-refractivity contribution in [2.45, 2.75) is 13.8 Å². The molecule has 0 amide bonds. The molecule has 0 heterocycles. The van der Waals surface area contributed by atoms with Crippen LogP contribution in [0, 0.1) is 0 Å². The SMILES string of the molecule is CCOC(=O)COB(OCC(=O)OCC)c1ccccc1. The van der Waals surface area contributed by atoms with Gasteiger partial charge in [-0.15, -0.1) is 0 Å². The molecule has 1 aromatic carbocycles. The third-order valence-corrected chi connectivity index (χ3v) is 2.39. The average molecular weight is 294 g/mol. The standard InChI is InChI=1S/C14H19BO6/c1-3-18-13(16)10-20-15(12-8-6-5-7-9-12)21-11-14(17)19-4-2/h5-9H,3-4,10-11H2,1-2H3. The van der Waals surface area contributed by atoms with Crippen molar-refractivity contribution in [1.29, 1.82) is 0 Å². The first-order valence-electron chi connectivity index (χ1n) is 6.76. The van der Waals surface area contributed by atoms with Crippen molar-refractivity contribution in [3.63, 3.8) is 0 Å². The summed E-state index contributed by atoms with van der Waals surface area (Å²) in [5.41, 5.74) is 0.700. The minimum absolute atomic E-state index is 0.254. The van der Waals surface area contributed by atoms with E-state index in [-0.39, 0.29) is 26.4 Å². The van der Waals surface area contributed by atoms with E-state index in [1.807, 2.05) is 18.2 Å². The maximum Gasteiger partial charge on any atom is 0.494 e. The van der Waals surface area contributed by atoms with Gasteiger partial charge in [0, 0.05) is 0 Å². The highest BCUT2D eigenvalue weighted by Gasteiger charge is 2.24. The lowest BCUT2D eigenvalue weighted by molar-refractivity contribution is -0.146. The van der Waals surface area contributed by atoms with Crippen LogP contribution in [0.5, 0.6) is 0 Å². The van der Waals surface area contributed by atoms with E-state index < -0.39 is 19.1 Å². The van der Waals surface area contributed by atoms with Gasteiger partial charge in [0.1, 0.15) is 13.2 Å². The van der Waals surface area contributed by atoms with Crippen molar-refractivity contribution in [2.24, 2.45) is 0 Å². The van der Waals surface area contributed by atoms with Crippen LogP contribution in [0.3, 0.4) is 0 Å². The Kier molecular flexibility index (Phi) is 8.15. The fourth-order valence-corrected chi connectivity index (χ4v) is 1.54. The molecule has 0 spiro atoms. The van der Waals surface area contributed by atoms with Gasteiger partial charge >= 0.3 is 19.1 Å². The number of carbonyl (C=O) groups is 2. The average Bonchev–Trinajstić information content (AvgIpc) is 2.49. The maximum atomic E-state index is 11.3. The molecule has 0 radical (unpaired) electrons. The largest absolute Gasteiger partial charge is 0.494 e. The molecule has 0 aliphatic rings. The number of rotatable bonds is 9. The normalized spacial score (nSPS) is 10.0. The van der Waals surface area contributed by atoms with Crippen LogP contribution in [0.1, 0.15) is 13.8 Å². The lowest BCUT2D eigenvalue weighted by Crippen LogP contribution is -2.40. The first-order valence-corrected chi connectivity index (χ1v) is 6.76. The highest BCUT2D eigenvalue weighted by atomic mass is 16.6. The summed E-state index contributed by atoms with van der Waals surface area (Å²) in [4.78, 5) is 22.7. The van der Waals surface area contributed by atoms with Crippen LogP contribution in [-0.4, -0.2) is 45.5 Å². The van der Waals surface area contributed by atoms with Crippen molar-refractivity contribution >= 4 is 24.5 Å². The molecule has 0 aliphatic carbocycles. The number of benzene rings is 1. The van der Waals surface area contributed by atoms with Crippen LogP contribution >= 0.6 is 0 Å². The van der Waals surface area contributed by atoms with Gasteiger partial charge in [-0.05, 0) is 19.3 Å². The van der Waals surface area contributed by atoms with Crippen molar-refractivity contribution in [2.75, 3.05) is 26.4 Å². The molecule has 6 nitrogen and oxygen atoms in total. The first kappa shape index (κ1) is 17.2. The summed E-state index contributed by atoms with van der Waals surface area (Å²) in [6.45, 7) is 3.48. The molecule has 7 heteroatoms. The summed E-state index contributed by atoms with van der Waals surface area (Å²) in [6, 6.07) is 9.02. The minimum atomic E-state index is -0.833. The van der Waals surface area contributed by atoms with Crippen LogP contribution in [0.15, 0.2) is 30.3 Å². The van der Waals surface area contributed by atoms with Crippen LogP contribution in [0.4, 0.5) is 0 Å². The van der Waals surface area contributed by atoms with Crippen LogP contribution in [-0.2, 0) is 28.4 Å². The molecular formula is C14H19BO6. The van der Waals surface area contributed by atoms with E-state index in [2.05, 4.69) is 0 Å². The summed E-state index contributed by atoms with van der Waals surface area (Å²) in [5.74, 6) is -0.976. The third kappa shape index (κ3) is 6.92. The number of esters is 2. The molecule has 114 valence electrons. The Morgan fingerprint density at radius 3 is 1.81 bits per heavy atom. The van der Waals surface area contributed by atoms with Crippen LogP contribution in [0.25, 0.3) is 0 Å². The molecule has 0 unspecified atom stereocenters. The van der Waals surface area contributed by atoms with E-state index in [9.17, 15) is 9.59 Å². The van der Waals surface area contributed by atoms with Gasteiger partial charge in [-0.2, -0.15) is 0 Å². The minimum Gasteiger partial charge on any atom is -0.464 e. The lowest BCUT2D eigenvalue weighted by atomic mass is 9.79. The number of ether oxygens (including phenoxy) is 2. The lowest BCUT2D eigenvalue weighted by Gasteiger charge is -2.14. The van der Waals surface area contributed by atoms with E-state index in [0.717, 1.165) is 0 Å².